The monoisotopic (exact) mass is 295 g/mol. The minimum atomic E-state index is 0.259. The number of alkyl halides is 1. The Hall–Kier alpha value is -0.570. The van der Waals surface area contributed by atoms with Crippen molar-refractivity contribution in [1.29, 1.82) is 0 Å². The molecule has 0 spiro atoms. The van der Waals surface area contributed by atoms with Gasteiger partial charge < -0.3 is 4.57 Å². The number of nitrogens with zero attached hydrogens (tertiary/aromatic N) is 1. The number of hydrogen-bond donors (Lipinski definition) is 0. The maximum atomic E-state index is 12.5. The van der Waals surface area contributed by atoms with Gasteiger partial charge in [0.2, 0.25) is 0 Å². The molecule has 0 N–H and O–H groups in total. The zero-order chi connectivity index (χ0) is 11.8. The lowest BCUT2D eigenvalue weighted by Gasteiger charge is -2.19. The summed E-state index contributed by atoms with van der Waals surface area (Å²) in [6.07, 6.45) is 8.42. The van der Waals surface area contributed by atoms with Crippen LogP contribution in [0.5, 0.6) is 0 Å². The minimum Gasteiger partial charge on any atom is -0.309 e. The number of halogens is 1. The van der Waals surface area contributed by atoms with Crippen LogP contribution in [0.4, 0.5) is 0 Å². The first kappa shape index (κ1) is 11.5. The highest BCUT2D eigenvalue weighted by molar-refractivity contribution is 9.08. The van der Waals surface area contributed by atoms with Gasteiger partial charge in [-0.05, 0) is 43.7 Å². The van der Waals surface area contributed by atoms with E-state index in [4.69, 9.17) is 0 Å². The second-order valence-electron chi connectivity index (χ2n) is 5.24. The smallest absolute Gasteiger partial charge is 0.255 e. The van der Waals surface area contributed by atoms with E-state index in [0.29, 0.717) is 11.4 Å². The molecule has 1 fully saturated rings. The van der Waals surface area contributed by atoms with Crippen molar-refractivity contribution in [1.82, 2.24) is 4.57 Å². The van der Waals surface area contributed by atoms with Crippen molar-refractivity contribution in [3.8, 4) is 0 Å². The zero-order valence-corrected chi connectivity index (χ0v) is 11.6. The molecule has 2 aliphatic rings. The SMILES string of the molecule is O=c1c(CBr)cc2c(n1C1CCCC1)CCC2. The van der Waals surface area contributed by atoms with Gasteiger partial charge in [0.05, 0.1) is 0 Å². The Morgan fingerprint density at radius 3 is 2.71 bits per heavy atom. The van der Waals surface area contributed by atoms with Crippen LogP contribution in [0.25, 0.3) is 0 Å². The van der Waals surface area contributed by atoms with Gasteiger partial charge >= 0.3 is 0 Å². The fourth-order valence-electron chi connectivity index (χ4n) is 3.38. The van der Waals surface area contributed by atoms with Crippen molar-refractivity contribution in [2.24, 2.45) is 0 Å². The van der Waals surface area contributed by atoms with Gasteiger partial charge in [-0.25, -0.2) is 0 Å². The number of pyridine rings is 1. The molecule has 0 aliphatic heterocycles. The van der Waals surface area contributed by atoms with Crippen LogP contribution in [-0.4, -0.2) is 4.57 Å². The molecule has 0 atom stereocenters. The third-order valence-electron chi connectivity index (χ3n) is 4.20. The number of hydrogen-bond acceptors (Lipinski definition) is 1. The molecule has 2 aliphatic carbocycles. The predicted molar refractivity (Wildman–Crippen MR) is 72.9 cm³/mol. The number of rotatable bonds is 2. The third kappa shape index (κ3) is 1.88. The van der Waals surface area contributed by atoms with E-state index < -0.39 is 0 Å². The van der Waals surface area contributed by atoms with Crippen molar-refractivity contribution < 1.29 is 0 Å². The Kier molecular flexibility index (Phi) is 3.12. The van der Waals surface area contributed by atoms with E-state index in [9.17, 15) is 4.79 Å². The number of fused-ring (bicyclic) bond motifs is 1. The van der Waals surface area contributed by atoms with Gasteiger partial charge in [0, 0.05) is 22.6 Å². The van der Waals surface area contributed by atoms with Crippen LogP contribution in [0.15, 0.2) is 10.9 Å². The zero-order valence-electron chi connectivity index (χ0n) is 10.0. The van der Waals surface area contributed by atoms with Gasteiger partial charge in [0.15, 0.2) is 0 Å². The molecule has 0 bridgehead atoms. The van der Waals surface area contributed by atoms with Crippen molar-refractivity contribution in [2.45, 2.75) is 56.3 Å². The van der Waals surface area contributed by atoms with Gasteiger partial charge in [0.1, 0.15) is 0 Å². The molecule has 0 unspecified atom stereocenters. The maximum absolute atomic E-state index is 12.5. The lowest BCUT2D eigenvalue weighted by molar-refractivity contribution is 0.483. The summed E-state index contributed by atoms with van der Waals surface area (Å²) in [5, 5.41) is 0.686. The number of aryl methyl sites for hydroxylation is 1. The molecule has 1 heterocycles. The molecule has 0 aromatic carbocycles. The lowest BCUT2D eigenvalue weighted by atomic mass is 10.1. The molecule has 1 aromatic rings. The molecule has 2 nitrogen and oxygen atoms in total. The van der Waals surface area contributed by atoms with E-state index in [-0.39, 0.29) is 5.56 Å². The van der Waals surface area contributed by atoms with Crippen molar-refractivity contribution in [3.63, 3.8) is 0 Å². The van der Waals surface area contributed by atoms with Crippen molar-refractivity contribution in [3.05, 3.63) is 33.2 Å². The standard InChI is InChI=1S/C14H18BrNO/c15-9-11-8-10-4-3-7-13(10)16(14(11)17)12-5-1-2-6-12/h8,12H,1-7,9H2. The van der Waals surface area contributed by atoms with E-state index in [2.05, 4.69) is 26.6 Å². The van der Waals surface area contributed by atoms with E-state index in [1.54, 1.807) is 0 Å². The highest BCUT2D eigenvalue weighted by atomic mass is 79.9. The molecule has 3 rings (SSSR count). The van der Waals surface area contributed by atoms with E-state index in [0.717, 1.165) is 18.4 Å². The summed E-state index contributed by atoms with van der Waals surface area (Å²) in [5.74, 6) is 0. The van der Waals surface area contributed by atoms with Gasteiger partial charge in [-0.3, -0.25) is 4.79 Å². The topological polar surface area (TPSA) is 22.0 Å². The molecule has 0 radical (unpaired) electrons. The molecule has 3 heteroatoms. The van der Waals surface area contributed by atoms with Crippen LogP contribution < -0.4 is 5.56 Å². The molecule has 1 aromatic heterocycles. The van der Waals surface area contributed by atoms with Crippen LogP contribution in [-0.2, 0) is 18.2 Å². The Bertz CT molecular complexity index is 486. The Labute approximate surface area is 110 Å². The molecule has 0 saturated heterocycles. The number of aromatic nitrogens is 1. The van der Waals surface area contributed by atoms with Crippen LogP contribution in [0.3, 0.4) is 0 Å². The van der Waals surface area contributed by atoms with Crippen LogP contribution in [0.1, 0.15) is 55.0 Å². The third-order valence-corrected chi connectivity index (χ3v) is 4.80. The van der Waals surface area contributed by atoms with Crippen LogP contribution >= 0.6 is 15.9 Å². The van der Waals surface area contributed by atoms with Crippen molar-refractivity contribution >= 4 is 15.9 Å². The average Bonchev–Trinajstić information content (AvgIpc) is 2.97. The first-order valence-electron chi connectivity index (χ1n) is 6.63. The molecule has 0 amide bonds. The fraction of sp³-hybridized carbons (Fsp3) is 0.643. The van der Waals surface area contributed by atoms with E-state index >= 15 is 0 Å². The summed E-state index contributed by atoms with van der Waals surface area (Å²) in [7, 11) is 0. The quantitative estimate of drug-likeness (QED) is 0.767. The fourth-order valence-corrected chi connectivity index (χ4v) is 3.78. The molecule has 92 valence electrons. The Morgan fingerprint density at radius 2 is 2.00 bits per heavy atom. The minimum absolute atomic E-state index is 0.259. The van der Waals surface area contributed by atoms with Crippen LogP contribution in [0.2, 0.25) is 0 Å². The summed E-state index contributed by atoms with van der Waals surface area (Å²) in [6.45, 7) is 0. The van der Waals surface area contributed by atoms with Gasteiger partial charge in [0.25, 0.3) is 5.56 Å². The first-order chi connectivity index (χ1) is 8.31. The summed E-state index contributed by atoms with van der Waals surface area (Å²) < 4.78 is 2.14. The highest BCUT2D eigenvalue weighted by Gasteiger charge is 2.25. The van der Waals surface area contributed by atoms with E-state index in [1.807, 2.05) is 0 Å². The molecular weight excluding hydrogens is 278 g/mol. The maximum Gasteiger partial charge on any atom is 0.255 e. The highest BCUT2D eigenvalue weighted by Crippen LogP contribution is 2.32. The average molecular weight is 296 g/mol. The molecule has 1 saturated carbocycles. The largest absolute Gasteiger partial charge is 0.309 e. The summed E-state index contributed by atoms with van der Waals surface area (Å²) in [4.78, 5) is 12.5. The second kappa shape index (κ2) is 4.60. The molecule has 17 heavy (non-hydrogen) atoms. The second-order valence-corrected chi connectivity index (χ2v) is 5.80. The first-order valence-corrected chi connectivity index (χ1v) is 7.75. The van der Waals surface area contributed by atoms with E-state index in [1.165, 1.54) is 43.4 Å². The normalized spacial score (nSPS) is 19.8. The molecular formula is C14H18BrNO. The summed E-state index contributed by atoms with van der Waals surface area (Å²) >= 11 is 3.45. The van der Waals surface area contributed by atoms with Gasteiger partial charge in [-0.1, -0.05) is 28.8 Å². The van der Waals surface area contributed by atoms with Gasteiger partial charge in [-0.15, -0.1) is 0 Å². The predicted octanol–water partition coefficient (Wildman–Crippen LogP) is 3.35. The summed E-state index contributed by atoms with van der Waals surface area (Å²) in [5.41, 5.74) is 3.96. The lowest BCUT2D eigenvalue weighted by Crippen LogP contribution is -2.29. The summed E-state index contributed by atoms with van der Waals surface area (Å²) in [6, 6.07) is 2.61. The van der Waals surface area contributed by atoms with Gasteiger partial charge in [-0.2, -0.15) is 0 Å². The van der Waals surface area contributed by atoms with Crippen molar-refractivity contribution in [2.75, 3.05) is 0 Å². The van der Waals surface area contributed by atoms with Crippen LogP contribution in [0, 0.1) is 0 Å². The Morgan fingerprint density at radius 1 is 1.24 bits per heavy atom. The Balaban J connectivity index is 2.17.